The molecule has 0 fully saturated rings. The lowest BCUT2D eigenvalue weighted by atomic mass is 10.3. The van der Waals surface area contributed by atoms with Gasteiger partial charge >= 0.3 is 0 Å². The number of hydrogen-bond donors (Lipinski definition) is 0. The maximum Gasteiger partial charge on any atom is 0.255 e. The van der Waals surface area contributed by atoms with Crippen molar-refractivity contribution in [2.45, 2.75) is 26.3 Å². The summed E-state index contributed by atoms with van der Waals surface area (Å²) in [4.78, 5) is 19.9. The van der Waals surface area contributed by atoms with E-state index in [1.165, 1.54) is 17.0 Å². The Morgan fingerprint density at radius 2 is 2.35 bits per heavy atom. The molecular weight excluding hydrogens is 258 g/mol. The van der Waals surface area contributed by atoms with Crippen LogP contribution in [0.3, 0.4) is 0 Å². The summed E-state index contributed by atoms with van der Waals surface area (Å²) < 4.78 is 1.50. The van der Waals surface area contributed by atoms with Gasteiger partial charge in [0.25, 0.3) is 5.56 Å². The van der Waals surface area contributed by atoms with Crippen LogP contribution in [0, 0.1) is 0 Å². The molecule has 2 heterocycles. The summed E-state index contributed by atoms with van der Waals surface area (Å²) in [7, 11) is 0. The van der Waals surface area contributed by atoms with Gasteiger partial charge in [0.2, 0.25) is 0 Å². The number of aromatic nitrogens is 3. The standard InChI is InChI=1S/C11H12ClN3OS/c1-2-3-10-14-8(6-17-10)5-15-7-13-9(12)4-11(15)16/h4,6-7H,2-3,5H2,1H3. The van der Waals surface area contributed by atoms with E-state index in [0.29, 0.717) is 6.54 Å². The van der Waals surface area contributed by atoms with E-state index in [1.54, 1.807) is 11.3 Å². The molecule has 0 radical (unpaired) electrons. The Morgan fingerprint density at radius 1 is 1.53 bits per heavy atom. The van der Waals surface area contributed by atoms with Crippen molar-refractivity contribution in [2.24, 2.45) is 0 Å². The molecular formula is C11H12ClN3OS. The largest absolute Gasteiger partial charge is 0.293 e. The highest BCUT2D eigenvalue weighted by Gasteiger charge is 2.04. The molecule has 2 aromatic rings. The summed E-state index contributed by atoms with van der Waals surface area (Å²) in [5.74, 6) is 0. The summed E-state index contributed by atoms with van der Waals surface area (Å²) in [5, 5.41) is 3.31. The Morgan fingerprint density at radius 3 is 3.06 bits per heavy atom. The van der Waals surface area contributed by atoms with Crippen LogP contribution in [0.5, 0.6) is 0 Å². The van der Waals surface area contributed by atoms with Crippen molar-refractivity contribution in [1.82, 2.24) is 14.5 Å². The average molecular weight is 270 g/mol. The molecule has 0 atom stereocenters. The van der Waals surface area contributed by atoms with Crippen LogP contribution in [0.25, 0.3) is 0 Å². The Kier molecular flexibility index (Phi) is 3.91. The minimum absolute atomic E-state index is 0.157. The molecule has 0 saturated heterocycles. The van der Waals surface area contributed by atoms with Crippen molar-refractivity contribution in [1.29, 1.82) is 0 Å². The van der Waals surface area contributed by atoms with E-state index in [9.17, 15) is 4.79 Å². The van der Waals surface area contributed by atoms with Crippen LogP contribution in [0.15, 0.2) is 22.6 Å². The Labute approximate surface area is 108 Å². The van der Waals surface area contributed by atoms with E-state index >= 15 is 0 Å². The molecule has 0 aliphatic heterocycles. The van der Waals surface area contributed by atoms with E-state index in [2.05, 4.69) is 16.9 Å². The van der Waals surface area contributed by atoms with Crippen LogP contribution in [0.1, 0.15) is 24.0 Å². The van der Waals surface area contributed by atoms with Crippen molar-refractivity contribution in [3.63, 3.8) is 0 Å². The summed E-state index contributed by atoms with van der Waals surface area (Å²) in [6.45, 7) is 2.57. The van der Waals surface area contributed by atoms with Crippen LogP contribution < -0.4 is 5.56 Å². The maximum atomic E-state index is 11.6. The highest BCUT2D eigenvalue weighted by Crippen LogP contribution is 2.12. The van der Waals surface area contributed by atoms with Gasteiger partial charge in [-0.25, -0.2) is 9.97 Å². The molecule has 0 amide bonds. The number of hydrogen-bond acceptors (Lipinski definition) is 4. The highest BCUT2D eigenvalue weighted by atomic mass is 35.5. The third-order valence-corrected chi connectivity index (χ3v) is 3.41. The van der Waals surface area contributed by atoms with Gasteiger partial charge in [-0.05, 0) is 12.8 Å². The molecule has 2 aromatic heterocycles. The fraction of sp³-hybridized carbons (Fsp3) is 0.364. The first-order valence-corrected chi connectivity index (χ1v) is 6.60. The van der Waals surface area contributed by atoms with Crippen molar-refractivity contribution in [2.75, 3.05) is 0 Å². The molecule has 0 aliphatic rings. The zero-order chi connectivity index (χ0) is 12.3. The molecule has 0 N–H and O–H groups in total. The summed E-state index contributed by atoms with van der Waals surface area (Å²) in [6, 6.07) is 1.31. The van der Waals surface area contributed by atoms with E-state index in [0.717, 1.165) is 23.5 Å². The predicted molar refractivity (Wildman–Crippen MR) is 68.7 cm³/mol. The van der Waals surface area contributed by atoms with Gasteiger partial charge in [-0.3, -0.25) is 9.36 Å². The lowest BCUT2D eigenvalue weighted by Gasteiger charge is -2.01. The summed E-state index contributed by atoms with van der Waals surface area (Å²) >= 11 is 7.26. The Hall–Kier alpha value is -1.20. The minimum Gasteiger partial charge on any atom is -0.293 e. The van der Waals surface area contributed by atoms with E-state index in [4.69, 9.17) is 11.6 Å². The second kappa shape index (κ2) is 5.42. The first-order chi connectivity index (χ1) is 8.19. The SMILES string of the molecule is CCCc1nc(Cn2cnc(Cl)cc2=O)cs1. The third kappa shape index (κ3) is 3.14. The van der Waals surface area contributed by atoms with Gasteiger partial charge in [0.15, 0.2) is 0 Å². The van der Waals surface area contributed by atoms with Crippen molar-refractivity contribution >= 4 is 22.9 Å². The lowest BCUT2D eigenvalue weighted by Crippen LogP contribution is -2.20. The van der Waals surface area contributed by atoms with Crippen molar-refractivity contribution < 1.29 is 0 Å². The lowest BCUT2D eigenvalue weighted by molar-refractivity contribution is 0.718. The zero-order valence-electron chi connectivity index (χ0n) is 9.39. The third-order valence-electron chi connectivity index (χ3n) is 2.24. The molecule has 4 nitrogen and oxygen atoms in total. The summed E-state index contributed by atoms with van der Waals surface area (Å²) in [5.41, 5.74) is 0.736. The molecule has 0 saturated carbocycles. The van der Waals surface area contributed by atoms with Gasteiger partial charge in [-0.1, -0.05) is 18.5 Å². The molecule has 6 heteroatoms. The van der Waals surface area contributed by atoms with Crippen LogP contribution >= 0.6 is 22.9 Å². The number of nitrogens with zero attached hydrogens (tertiary/aromatic N) is 3. The number of aryl methyl sites for hydroxylation is 1. The molecule has 0 bridgehead atoms. The van der Waals surface area contributed by atoms with Crippen LogP contribution in [-0.2, 0) is 13.0 Å². The predicted octanol–water partition coefficient (Wildman–Crippen LogP) is 2.35. The van der Waals surface area contributed by atoms with Crippen molar-refractivity contribution in [3.8, 4) is 0 Å². The fourth-order valence-corrected chi connectivity index (χ4v) is 2.48. The van der Waals surface area contributed by atoms with Crippen LogP contribution in [-0.4, -0.2) is 14.5 Å². The molecule has 0 aromatic carbocycles. The van der Waals surface area contributed by atoms with Gasteiger partial charge in [-0.2, -0.15) is 0 Å². The molecule has 0 unspecified atom stereocenters. The molecule has 2 rings (SSSR count). The first kappa shape index (κ1) is 12.3. The quantitative estimate of drug-likeness (QED) is 0.801. The molecule has 0 spiro atoms. The van der Waals surface area contributed by atoms with E-state index in [1.807, 2.05) is 5.38 Å². The van der Waals surface area contributed by atoms with Gasteiger partial charge in [0, 0.05) is 11.4 Å². The maximum absolute atomic E-state index is 11.6. The van der Waals surface area contributed by atoms with Gasteiger partial charge in [-0.15, -0.1) is 11.3 Å². The minimum atomic E-state index is -0.157. The zero-order valence-corrected chi connectivity index (χ0v) is 11.0. The average Bonchev–Trinajstić information content (AvgIpc) is 2.71. The van der Waals surface area contributed by atoms with E-state index in [-0.39, 0.29) is 10.7 Å². The van der Waals surface area contributed by atoms with Gasteiger partial charge < -0.3 is 0 Å². The van der Waals surface area contributed by atoms with E-state index < -0.39 is 0 Å². The van der Waals surface area contributed by atoms with Crippen molar-refractivity contribution in [3.05, 3.63) is 44.0 Å². The van der Waals surface area contributed by atoms with Gasteiger partial charge in [0.05, 0.1) is 23.6 Å². The molecule has 17 heavy (non-hydrogen) atoms. The molecule has 90 valence electrons. The molecule has 0 aliphatic carbocycles. The summed E-state index contributed by atoms with van der Waals surface area (Å²) in [6.07, 6.45) is 3.51. The number of halogens is 1. The first-order valence-electron chi connectivity index (χ1n) is 5.34. The normalized spacial score (nSPS) is 10.7. The second-order valence-corrected chi connectivity index (χ2v) is 4.99. The van der Waals surface area contributed by atoms with Crippen LogP contribution in [0.2, 0.25) is 5.15 Å². The monoisotopic (exact) mass is 269 g/mol. The smallest absolute Gasteiger partial charge is 0.255 e. The Bertz CT molecular complexity index is 564. The van der Waals surface area contributed by atoms with Gasteiger partial charge in [0.1, 0.15) is 5.15 Å². The fourth-order valence-electron chi connectivity index (χ4n) is 1.45. The Balaban J connectivity index is 2.16. The highest BCUT2D eigenvalue weighted by molar-refractivity contribution is 7.09. The second-order valence-electron chi connectivity index (χ2n) is 3.66. The topological polar surface area (TPSA) is 47.8 Å². The number of thiazole rings is 1. The number of rotatable bonds is 4. The van der Waals surface area contributed by atoms with Crippen LogP contribution in [0.4, 0.5) is 0 Å².